The van der Waals surface area contributed by atoms with E-state index in [9.17, 15) is 49.8 Å². The second-order valence-corrected chi connectivity index (χ2v) is 15.1. The molecule has 0 amide bonds. The Morgan fingerprint density at radius 1 is 1.04 bits per heavy atom. The predicted octanol–water partition coefficient (Wildman–Crippen LogP) is -1.59. The summed E-state index contributed by atoms with van der Waals surface area (Å²) in [5, 5.41) is 64.6. The van der Waals surface area contributed by atoms with Crippen molar-refractivity contribution in [2.24, 2.45) is 34.5 Å². The van der Waals surface area contributed by atoms with Gasteiger partial charge in [-0.15, -0.1) is 0 Å². The molecular weight excluding hydrogens is 664 g/mol. The van der Waals surface area contributed by atoms with Crippen molar-refractivity contribution in [3.63, 3.8) is 0 Å². The number of methoxy groups -OCH3 is 1. The monoisotopic (exact) mass is 710 g/mol. The van der Waals surface area contributed by atoms with Gasteiger partial charge in [0.25, 0.3) is 0 Å². The Morgan fingerprint density at radius 2 is 1.72 bits per heavy atom. The topological polar surface area (TPSA) is 245 Å². The second-order valence-electron chi connectivity index (χ2n) is 15.1. The molecule has 50 heavy (non-hydrogen) atoms. The van der Waals surface area contributed by atoms with E-state index in [0.717, 1.165) is 7.11 Å². The highest BCUT2D eigenvalue weighted by molar-refractivity contribution is 5.96. The van der Waals surface area contributed by atoms with E-state index in [4.69, 9.17) is 28.4 Å². The van der Waals surface area contributed by atoms with Gasteiger partial charge in [-0.1, -0.05) is 26.3 Å². The first kappa shape index (κ1) is 36.8. The number of aliphatic hydroxyl groups excluding tert-OH is 6. The minimum atomic E-state index is -2.33. The molecule has 15 atom stereocenters. The Kier molecular flexibility index (Phi) is 9.29. The minimum absolute atomic E-state index is 0.0225. The lowest BCUT2D eigenvalue weighted by Gasteiger charge is -2.67. The molecule has 0 aromatic heterocycles. The maximum Gasteiger partial charge on any atom is 0.348 e. The SMILES string of the molecule is COC(=O)[C@@]12OC[C@]34C([C@@H](O)[C@@H]1O)[C@@]1(C)CC(=O)C(O[C@@H]5O[C@H](CO)[C@@H](O)[C@H](O)[C@H]5O)=C(C)[C@@H]1C[C@H]3OC(=O)[C@H](OC(=O)C=C(C)C(C)C)C42. The second kappa shape index (κ2) is 12.6. The Bertz CT molecular complexity index is 1500. The van der Waals surface area contributed by atoms with Crippen LogP contribution in [-0.2, 0) is 47.6 Å². The van der Waals surface area contributed by atoms with Crippen LogP contribution >= 0.6 is 0 Å². The van der Waals surface area contributed by atoms with E-state index < -0.39 is 120 Å². The van der Waals surface area contributed by atoms with Gasteiger partial charge in [0.15, 0.2) is 11.5 Å². The Balaban J connectivity index is 1.44. The maximum atomic E-state index is 14.0. The van der Waals surface area contributed by atoms with Crippen LogP contribution < -0.4 is 0 Å². The van der Waals surface area contributed by atoms with Gasteiger partial charge in [-0.25, -0.2) is 14.4 Å². The third kappa shape index (κ3) is 4.94. The van der Waals surface area contributed by atoms with Gasteiger partial charge in [-0.3, -0.25) is 4.79 Å². The summed E-state index contributed by atoms with van der Waals surface area (Å²) < 4.78 is 34.3. The number of hydrogen-bond donors (Lipinski definition) is 6. The van der Waals surface area contributed by atoms with E-state index in [1.807, 2.05) is 13.8 Å². The summed E-state index contributed by atoms with van der Waals surface area (Å²) in [5.41, 5.74) is -3.97. The first-order chi connectivity index (χ1) is 23.4. The molecule has 2 unspecified atom stereocenters. The largest absolute Gasteiger partial charge is 0.467 e. The van der Waals surface area contributed by atoms with Gasteiger partial charge < -0.3 is 59.1 Å². The molecule has 278 valence electrons. The quantitative estimate of drug-likeness (QED) is 0.0991. The molecule has 6 aliphatic rings. The van der Waals surface area contributed by atoms with Gasteiger partial charge >= 0.3 is 17.9 Å². The molecule has 0 radical (unpaired) electrons. The minimum Gasteiger partial charge on any atom is -0.467 e. The van der Waals surface area contributed by atoms with Crippen LogP contribution in [0.3, 0.4) is 0 Å². The molecule has 6 N–H and O–H groups in total. The van der Waals surface area contributed by atoms with Crippen molar-refractivity contribution in [2.75, 3.05) is 20.3 Å². The molecule has 0 aromatic carbocycles. The van der Waals surface area contributed by atoms with Crippen LogP contribution in [0.15, 0.2) is 23.0 Å². The number of fused-ring (bicyclic) bond motifs is 2. The third-order valence-corrected chi connectivity index (χ3v) is 12.4. The van der Waals surface area contributed by atoms with Gasteiger partial charge in [0, 0.05) is 23.8 Å². The molecule has 3 saturated heterocycles. The van der Waals surface area contributed by atoms with Gasteiger partial charge in [0.1, 0.15) is 36.6 Å². The van der Waals surface area contributed by atoms with Crippen molar-refractivity contribution >= 4 is 23.7 Å². The van der Waals surface area contributed by atoms with Gasteiger partial charge in [0.05, 0.1) is 32.3 Å². The smallest absolute Gasteiger partial charge is 0.348 e. The van der Waals surface area contributed by atoms with Crippen LogP contribution in [0.25, 0.3) is 0 Å². The molecule has 5 fully saturated rings. The van der Waals surface area contributed by atoms with Crippen LogP contribution in [0.5, 0.6) is 0 Å². The van der Waals surface area contributed by atoms with E-state index in [2.05, 4.69) is 0 Å². The Hall–Kier alpha value is -2.96. The number of ether oxygens (including phenoxy) is 6. The maximum absolute atomic E-state index is 14.0. The molecule has 0 aromatic rings. The van der Waals surface area contributed by atoms with E-state index >= 15 is 0 Å². The lowest BCUT2D eigenvalue weighted by Crippen LogP contribution is -2.79. The average Bonchev–Trinajstić information content (AvgIpc) is 3.37. The number of esters is 3. The molecule has 16 heteroatoms. The van der Waals surface area contributed by atoms with E-state index in [1.165, 1.54) is 6.08 Å². The first-order valence-corrected chi connectivity index (χ1v) is 16.8. The molecular formula is C34H46O16. The summed E-state index contributed by atoms with van der Waals surface area (Å²) in [6, 6.07) is 0. The van der Waals surface area contributed by atoms with Crippen LogP contribution in [0.1, 0.15) is 47.5 Å². The molecule has 3 aliphatic heterocycles. The molecule has 3 aliphatic carbocycles. The molecule has 1 spiro atoms. The normalized spacial score (nSPS) is 46.9. The summed E-state index contributed by atoms with van der Waals surface area (Å²) in [7, 11) is 1.06. The van der Waals surface area contributed by atoms with E-state index in [1.54, 1.807) is 20.8 Å². The molecule has 2 bridgehead atoms. The summed E-state index contributed by atoms with van der Waals surface area (Å²) in [6.07, 6.45) is -13.7. The lowest BCUT2D eigenvalue weighted by molar-refractivity contribution is -0.296. The standard InChI is InChI=1S/C34H46O16/c1-12(2)13(3)7-19(37)49-25-27-33-11-46-34(27,31(44)45-6)28(42)23(41)26(33)32(5)9-16(36)24(14(4)15(32)8-18(33)48-29(25)43)50-30-22(40)21(39)20(38)17(10-35)47-30/h7,12,15,17-18,20-23,25-28,30,35,38-42H,8-11H2,1-6H3/t15-,17+,18+,20+,21-,22+,23+,25+,26?,27?,28-,30-,32-,33+,34-/m0/s1. The fourth-order valence-corrected chi connectivity index (χ4v) is 9.80. The molecule has 2 saturated carbocycles. The van der Waals surface area contributed by atoms with Crippen molar-refractivity contribution in [2.45, 2.75) is 108 Å². The van der Waals surface area contributed by atoms with Gasteiger partial charge in [-0.2, -0.15) is 0 Å². The number of carbonyl (C=O) groups excluding carboxylic acids is 4. The summed E-state index contributed by atoms with van der Waals surface area (Å²) in [4.78, 5) is 54.6. The highest BCUT2D eigenvalue weighted by atomic mass is 16.7. The highest BCUT2D eigenvalue weighted by Crippen LogP contribution is 2.73. The number of carbonyl (C=O) groups is 4. The number of ketones is 1. The van der Waals surface area contributed by atoms with Crippen molar-refractivity contribution < 1.29 is 78.2 Å². The number of hydrogen-bond acceptors (Lipinski definition) is 16. The fraction of sp³-hybridized carbons (Fsp3) is 0.765. The predicted molar refractivity (Wildman–Crippen MR) is 164 cm³/mol. The van der Waals surface area contributed by atoms with Crippen LogP contribution in [0, 0.1) is 34.5 Å². The number of aliphatic hydroxyl groups is 6. The fourth-order valence-electron chi connectivity index (χ4n) is 9.80. The van der Waals surface area contributed by atoms with Crippen molar-refractivity contribution in [1.82, 2.24) is 0 Å². The van der Waals surface area contributed by atoms with Gasteiger partial charge in [-0.05, 0) is 43.1 Å². The highest BCUT2D eigenvalue weighted by Gasteiger charge is 2.85. The van der Waals surface area contributed by atoms with E-state index in [0.29, 0.717) is 11.1 Å². The average molecular weight is 711 g/mol. The zero-order chi connectivity index (χ0) is 36.8. The number of Topliss-reactive ketones (excluding diaryl/α,β-unsaturated/α-hetero) is 1. The zero-order valence-electron chi connectivity index (χ0n) is 28.7. The summed E-state index contributed by atoms with van der Waals surface area (Å²) in [5.74, 6) is -6.90. The van der Waals surface area contributed by atoms with Crippen LogP contribution in [0.2, 0.25) is 0 Å². The van der Waals surface area contributed by atoms with Crippen molar-refractivity contribution in [1.29, 1.82) is 0 Å². The molecule has 16 nitrogen and oxygen atoms in total. The van der Waals surface area contributed by atoms with Gasteiger partial charge in [0.2, 0.25) is 18.0 Å². The molecule has 3 heterocycles. The summed E-state index contributed by atoms with van der Waals surface area (Å²) in [6.45, 7) is 7.74. The first-order valence-electron chi connectivity index (χ1n) is 16.8. The van der Waals surface area contributed by atoms with Crippen molar-refractivity contribution in [3.8, 4) is 0 Å². The lowest BCUT2D eigenvalue weighted by atomic mass is 9.38. The Labute approximate surface area is 287 Å². The van der Waals surface area contributed by atoms with Crippen LogP contribution in [-0.4, -0.2) is 135 Å². The third-order valence-electron chi connectivity index (χ3n) is 12.4. The zero-order valence-corrected chi connectivity index (χ0v) is 28.7. The van der Waals surface area contributed by atoms with Crippen molar-refractivity contribution in [3.05, 3.63) is 23.0 Å². The summed E-state index contributed by atoms with van der Waals surface area (Å²) >= 11 is 0. The van der Waals surface area contributed by atoms with Crippen LogP contribution in [0.4, 0.5) is 0 Å². The number of rotatable bonds is 7. The molecule has 6 rings (SSSR count). The van der Waals surface area contributed by atoms with E-state index in [-0.39, 0.29) is 31.1 Å². The number of allylic oxidation sites excluding steroid dienone is 3. The Morgan fingerprint density at radius 3 is 2.34 bits per heavy atom.